The molecule has 0 aliphatic heterocycles. The summed E-state index contributed by atoms with van der Waals surface area (Å²) in [6, 6.07) is 10.7. The predicted octanol–water partition coefficient (Wildman–Crippen LogP) is 1.91. The molecule has 3 heteroatoms. The molecule has 0 aromatic heterocycles. The molecule has 19 heavy (non-hydrogen) atoms. The number of benzene rings is 1. The van der Waals surface area contributed by atoms with Gasteiger partial charge in [-0.2, -0.15) is 0 Å². The normalized spacial score (nSPS) is 12.8. The van der Waals surface area contributed by atoms with Crippen LogP contribution < -0.4 is 5.32 Å². The molecule has 0 bridgehead atoms. The first-order valence-corrected chi connectivity index (χ1v) is 7.40. The molecule has 1 rings (SSSR count). The largest absolute Gasteiger partial charge is 0.395 e. The van der Waals surface area contributed by atoms with Gasteiger partial charge in [-0.05, 0) is 31.5 Å². The van der Waals surface area contributed by atoms with E-state index >= 15 is 0 Å². The van der Waals surface area contributed by atoms with Crippen molar-refractivity contribution in [2.24, 2.45) is 0 Å². The van der Waals surface area contributed by atoms with Crippen molar-refractivity contribution < 1.29 is 5.11 Å². The number of likely N-dealkylation sites (N-methyl/N-ethyl adjacent to an activating group) is 1. The molecule has 0 heterocycles. The second kappa shape index (κ2) is 9.96. The van der Waals surface area contributed by atoms with Gasteiger partial charge >= 0.3 is 0 Å². The van der Waals surface area contributed by atoms with Gasteiger partial charge in [0, 0.05) is 19.1 Å². The first kappa shape index (κ1) is 16.2. The maximum Gasteiger partial charge on any atom is 0.0584 e. The highest BCUT2D eigenvalue weighted by atomic mass is 16.3. The monoisotopic (exact) mass is 264 g/mol. The minimum atomic E-state index is 0.204. The number of nitrogens with one attached hydrogen (secondary N) is 1. The number of aryl methyl sites for hydroxylation is 1. The Kier molecular flexibility index (Phi) is 8.47. The SMILES string of the molecule is CCN(CC)CCNC(CO)CCc1ccccc1. The van der Waals surface area contributed by atoms with E-state index in [9.17, 15) is 5.11 Å². The Bertz CT molecular complexity index is 312. The average Bonchev–Trinajstić information content (AvgIpc) is 2.48. The molecule has 0 radical (unpaired) electrons. The van der Waals surface area contributed by atoms with Gasteiger partial charge in [0.2, 0.25) is 0 Å². The van der Waals surface area contributed by atoms with Crippen LogP contribution in [-0.4, -0.2) is 48.8 Å². The fourth-order valence-corrected chi connectivity index (χ4v) is 2.21. The van der Waals surface area contributed by atoms with Gasteiger partial charge in [0.25, 0.3) is 0 Å². The number of nitrogens with zero attached hydrogens (tertiary/aromatic N) is 1. The molecule has 2 N–H and O–H groups in total. The van der Waals surface area contributed by atoms with Gasteiger partial charge in [0.05, 0.1) is 6.61 Å². The van der Waals surface area contributed by atoms with Crippen LogP contribution in [0.3, 0.4) is 0 Å². The Morgan fingerprint density at radius 1 is 1.16 bits per heavy atom. The number of hydrogen-bond donors (Lipinski definition) is 2. The molecule has 0 amide bonds. The maximum atomic E-state index is 9.41. The van der Waals surface area contributed by atoms with E-state index in [2.05, 4.69) is 48.3 Å². The smallest absolute Gasteiger partial charge is 0.0584 e. The van der Waals surface area contributed by atoms with Crippen molar-refractivity contribution in [3.05, 3.63) is 35.9 Å². The molecule has 0 saturated heterocycles. The molecule has 0 fully saturated rings. The van der Waals surface area contributed by atoms with Crippen LogP contribution in [0.1, 0.15) is 25.8 Å². The van der Waals surface area contributed by atoms with Crippen molar-refractivity contribution in [3.63, 3.8) is 0 Å². The molecule has 1 atom stereocenters. The van der Waals surface area contributed by atoms with E-state index in [1.165, 1.54) is 5.56 Å². The van der Waals surface area contributed by atoms with Crippen LogP contribution in [0.2, 0.25) is 0 Å². The molecule has 0 saturated carbocycles. The van der Waals surface area contributed by atoms with Crippen molar-refractivity contribution in [2.45, 2.75) is 32.7 Å². The predicted molar refractivity (Wildman–Crippen MR) is 81.4 cm³/mol. The number of rotatable bonds is 10. The van der Waals surface area contributed by atoms with Crippen LogP contribution >= 0.6 is 0 Å². The summed E-state index contributed by atoms with van der Waals surface area (Å²) in [6.45, 7) is 8.75. The van der Waals surface area contributed by atoms with Gasteiger partial charge < -0.3 is 15.3 Å². The molecule has 0 aliphatic carbocycles. The molecular weight excluding hydrogens is 236 g/mol. The van der Waals surface area contributed by atoms with Crippen molar-refractivity contribution in [1.82, 2.24) is 10.2 Å². The first-order chi connectivity index (χ1) is 9.30. The molecular formula is C16H28N2O. The Hall–Kier alpha value is -0.900. The zero-order chi connectivity index (χ0) is 13.9. The minimum absolute atomic E-state index is 0.204. The summed E-state index contributed by atoms with van der Waals surface area (Å²) >= 11 is 0. The third-order valence-electron chi connectivity index (χ3n) is 3.60. The summed E-state index contributed by atoms with van der Waals surface area (Å²) in [5.41, 5.74) is 1.34. The molecule has 1 unspecified atom stereocenters. The van der Waals surface area contributed by atoms with E-state index in [-0.39, 0.29) is 12.6 Å². The Labute approximate surface area is 117 Å². The number of aliphatic hydroxyl groups excluding tert-OH is 1. The zero-order valence-corrected chi connectivity index (χ0v) is 12.3. The van der Waals surface area contributed by atoms with Gasteiger partial charge in [-0.15, -0.1) is 0 Å². The summed E-state index contributed by atoms with van der Waals surface area (Å²) in [5.74, 6) is 0. The van der Waals surface area contributed by atoms with E-state index in [1.807, 2.05) is 6.07 Å². The molecule has 108 valence electrons. The van der Waals surface area contributed by atoms with Crippen molar-refractivity contribution in [3.8, 4) is 0 Å². The minimum Gasteiger partial charge on any atom is -0.395 e. The summed E-state index contributed by atoms with van der Waals surface area (Å²) in [4.78, 5) is 2.39. The highest BCUT2D eigenvalue weighted by molar-refractivity contribution is 5.14. The van der Waals surface area contributed by atoms with Gasteiger partial charge in [-0.25, -0.2) is 0 Å². The Morgan fingerprint density at radius 3 is 2.42 bits per heavy atom. The fraction of sp³-hybridized carbons (Fsp3) is 0.625. The van der Waals surface area contributed by atoms with E-state index in [0.29, 0.717) is 0 Å². The van der Waals surface area contributed by atoms with E-state index in [1.54, 1.807) is 0 Å². The van der Waals surface area contributed by atoms with E-state index < -0.39 is 0 Å². The lowest BCUT2D eigenvalue weighted by Gasteiger charge is -2.21. The quantitative estimate of drug-likeness (QED) is 0.677. The van der Waals surface area contributed by atoms with Crippen LogP contribution in [0.25, 0.3) is 0 Å². The molecule has 1 aromatic carbocycles. The van der Waals surface area contributed by atoms with Crippen molar-refractivity contribution in [1.29, 1.82) is 0 Å². The molecule has 0 aliphatic rings. The second-order valence-electron chi connectivity index (χ2n) is 4.88. The first-order valence-electron chi connectivity index (χ1n) is 7.40. The highest BCUT2D eigenvalue weighted by Gasteiger charge is 2.07. The van der Waals surface area contributed by atoms with Crippen LogP contribution in [-0.2, 0) is 6.42 Å². The summed E-state index contributed by atoms with van der Waals surface area (Å²) in [6.07, 6.45) is 2.00. The second-order valence-corrected chi connectivity index (χ2v) is 4.88. The van der Waals surface area contributed by atoms with Crippen LogP contribution in [0.15, 0.2) is 30.3 Å². The van der Waals surface area contributed by atoms with Crippen LogP contribution in [0.4, 0.5) is 0 Å². The Balaban J connectivity index is 2.22. The van der Waals surface area contributed by atoms with Crippen LogP contribution in [0, 0.1) is 0 Å². The number of aliphatic hydroxyl groups is 1. The number of hydrogen-bond acceptors (Lipinski definition) is 3. The summed E-state index contributed by atoms with van der Waals surface area (Å²) < 4.78 is 0. The van der Waals surface area contributed by atoms with Crippen molar-refractivity contribution in [2.75, 3.05) is 32.8 Å². The zero-order valence-electron chi connectivity index (χ0n) is 12.3. The molecule has 3 nitrogen and oxygen atoms in total. The van der Waals surface area contributed by atoms with Gasteiger partial charge in [0.15, 0.2) is 0 Å². The lowest BCUT2D eigenvalue weighted by molar-refractivity contribution is 0.226. The van der Waals surface area contributed by atoms with Gasteiger partial charge in [0.1, 0.15) is 0 Å². The van der Waals surface area contributed by atoms with Gasteiger partial charge in [-0.3, -0.25) is 0 Å². The standard InChI is InChI=1S/C16H28N2O/c1-3-18(4-2)13-12-17-16(14-19)11-10-15-8-6-5-7-9-15/h5-9,16-17,19H,3-4,10-14H2,1-2H3. The summed E-state index contributed by atoms with van der Waals surface area (Å²) in [7, 11) is 0. The van der Waals surface area contributed by atoms with E-state index in [4.69, 9.17) is 0 Å². The third kappa shape index (κ3) is 6.71. The Morgan fingerprint density at radius 2 is 1.84 bits per heavy atom. The molecule has 1 aromatic rings. The van der Waals surface area contributed by atoms with Gasteiger partial charge in [-0.1, -0.05) is 44.2 Å². The fourth-order valence-electron chi connectivity index (χ4n) is 2.21. The maximum absolute atomic E-state index is 9.41. The summed E-state index contributed by atoms with van der Waals surface area (Å²) in [5, 5.41) is 12.9. The van der Waals surface area contributed by atoms with E-state index in [0.717, 1.165) is 39.0 Å². The van der Waals surface area contributed by atoms with Crippen LogP contribution in [0.5, 0.6) is 0 Å². The lowest BCUT2D eigenvalue weighted by Crippen LogP contribution is -2.39. The third-order valence-corrected chi connectivity index (χ3v) is 3.60. The lowest BCUT2D eigenvalue weighted by atomic mass is 10.1. The van der Waals surface area contributed by atoms with Crippen molar-refractivity contribution >= 4 is 0 Å². The molecule has 0 spiro atoms. The average molecular weight is 264 g/mol. The topological polar surface area (TPSA) is 35.5 Å². The highest BCUT2D eigenvalue weighted by Crippen LogP contribution is 2.04.